The number of benzene rings is 2. The Morgan fingerprint density at radius 1 is 1.00 bits per heavy atom. The predicted octanol–water partition coefficient (Wildman–Crippen LogP) is 6.47. The molecule has 0 aliphatic rings. The molecule has 6 heteroatoms. The molecule has 0 fully saturated rings. The summed E-state index contributed by atoms with van der Waals surface area (Å²) in [5, 5.41) is 10.6. The average Bonchev–Trinajstić information content (AvgIpc) is 3.14. The van der Waals surface area contributed by atoms with Gasteiger partial charge >= 0.3 is 0 Å². The van der Waals surface area contributed by atoms with Crippen LogP contribution in [0.1, 0.15) is 46.3 Å². The van der Waals surface area contributed by atoms with Crippen LogP contribution in [-0.4, -0.2) is 26.7 Å². The van der Waals surface area contributed by atoms with Gasteiger partial charge in [0.2, 0.25) is 0 Å². The van der Waals surface area contributed by atoms with Gasteiger partial charge in [0, 0.05) is 11.1 Å². The van der Waals surface area contributed by atoms with Gasteiger partial charge in [-0.05, 0) is 25.3 Å². The first kappa shape index (κ1) is 20.7. The van der Waals surface area contributed by atoms with Crippen molar-refractivity contribution in [2.45, 2.75) is 38.6 Å². The summed E-state index contributed by atoms with van der Waals surface area (Å²) in [7, 11) is 0. The average molecular weight is 434 g/mol. The molecule has 4 aromatic rings. The van der Waals surface area contributed by atoms with Crippen molar-refractivity contribution in [1.82, 2.24) is 15.2 Å². The number of ketones is 1. The third-order valence-electron chi connectivity index (χ3n) is 4.96. The Morgan fingerprint density at radius 3 is 2.37 bits per heavy atom. The van der Waals surface area contributed by atoms with E-state index in [4.69, 9.17) is 0 Å². The first-order valence-electron chi connectivity index (χ1n) is 9.89. The molecule has 0 radical (unpaired) electrons. The van der Waals surface area contributed by atoms with E-state index < -0.39 is 0 Å². The summed E-state index contributed by atoms with van der Waals surface area (Å²) in [6.07, 6.45) is 0. The molecular formula is C24H23N3OS2. The highest BCUT2D eigenvalue weighted by Gasteiger charge is 2.17. The van der Waals surface area contributed by atoms with Crippen molar-refractivity contribution in [3.8, 4) is 11.3 Å². The molecule has 4 rings (SSSR count). The molecule has 2 aromatic heterocycles. The van der Waals surface area contributed by atoms with Crippen LogP contribution in [0, 0.1) is 13.8 Å². The summed E-state index contributed by atoms with van der Waals surface area (Å²) in [5.74, 6) is 0.845. The molecule has 0 unspecified atom stereocenters. The van der Waals surface area contributed by atoms with Gasteiger partial charge in [0.1, 0.15) is 16.2 Å². The van der Waals surface area contributed by atoms with E-state index in [1.165, 1.54) is 22.9 Å². The molecule has 0 spiro atoms. The highest BCUT2D eigenvalue weighted by molar-refractivity contribution is 8.00. The van der Waals surface area contributed by atoms with Crippen LogP contribution in [0.3, 0.4) is 0 Å². The van der Waals surface area contributed by atoms with Crippen LogP contribution in [0.5, 0.6) is 0 Å². The quantitative estimate of drug-likeness (QED) is 0.258. The molecule has 0 bridgehead atoms. The minimum Gasteiger partial charge on any atom is -0.293 e. The lowest BCUT2D eigenvalue weighted by Crippen LogP contribution is -2.03. The SMILES string of the molecule is Cc1ccc(-c2nnc(SCC(=O)c3ccc(C(C)C)cc3)c3nc(C)sc23)cc1. The van der Waals surface area contributed by atoms with Crippen LogP contribution >= 0.6 is 23.1 Å². The third-order valence-corrected chi connectivity index (χ3v) is 6.89. The number of hydrogen-bond acceptors (Lipinski definition) is 6. The standard InChI is InChI=1S/C24H23N3OS2/c1-14(2)17-9-11-18(12-10-17)20(28)13-29-24-22-23(30-16(4)25-22)21(26-27-24)19-7-5-15(3)6-8-19/h5-12,14H,13H2,1-4H3. The van der Waals surface area contributed by atoms with Crippen molar-refractivity contribution in [3.63, 3.8) is 0 Å². The van der Waals surface area contributed by atoms with Crippen molar-refractivity contribution in [2.75, 3.05) is 5.75 Å². The molecule has 0 saturated carbocycles. The van der Waals surface area contributed by atoms with Gasteiger partial charge in [0.15, 0.2) is 5.78 Å². The van der Waals surface area contributed by atoms with Crippen LogP contribution in [0.25, 0.3) is 21.5 Å². The monoisotopic (exact) mass is 433 g/mol. The van der Waals surface area contributed by atoms with Crippen molar-refractivity contribution >= 4 is 39.1 Å². The Hall–Kier alpha value is -2.57. The Morgan fingerprint density at radius 2 is 1.70 bits per heavy atom. The number of Topliss-reactive ketones (excluding diaryl/α,β-unsaturated/α-hetero) is 1. The van der Waals surface area contributed by atoms with Crippen LogP contribution in [0.2, 0.25) is 0 Å². The van der Waals surface area contributed by atoms with Gasteiger partial charge in [-0.15, -0.1) is 21.5 Å². The molecule has 0 saturated heterocycles. The number of aryl methyl sites for hydroxylation is 2. The highest BCUT2D eigenvalue weighted by Crippen LogP contribution is 2.35. The van der Waals surface area contributed by atoms with Crippen LogP contribution in [0.4, 0.5) is 0 Å². The van der Waals surface area contributed by atoms with Crippen LogP contribution in [-0.2, 0) is 0 Å². The molecule has 4 nitrogen and oxygen atoms in total. The topological polar surface area (TPSA) is 55.7 Å². The van der Waals surface area contributed by atoms with Gasteiger partial charge in [-0.1, -0.05) is 79.7 Å². The largest absolute Gasteiger partial charge is 0.293 e. The lowest BCUT2D eigenvalue weighted by Gasteiger charge is -2.07. The number of fused-ring (bicyclic) bond motifs is 1. The number of aromatic nitrogens is 3. The first-order valence-corrected chi connectivity index (χ1v) is 11.7. The molecule has 0 amide bonds. The molecule has 152 valence electrons. The zero-order valence-corrected chi connectivity index (χ0v) is 19.1. The summed E-state index contributed by atoms with van der Waals surface area (Å²) < 4.78 is 1.02. The van der Waals surface area contributed by atoms with E-state index in [0.717, 1.165) is 32.0 Å². The molecular weight excluding hydrogens is 410 g/mol. The second kappa shape index (κ2) is 8.66. The molecule has 2 heterocycles. The lowest BCUT2D eigenvalue weighted by molar-refractivity contribution is 0.102. The second-order valence-electron chi connectivity index (χ2n) is 7.62. The van der Waals surface area contributed by atoms with Gasteiger partial charge in [0.25, 0.3) is 0 Å². The molecule has 0 N–H and O–H groups in total. The van der Waals surface area contributed by atoms with E-state index in [0.29, 0.717) is 16.7 Å². The minimum atomic E-state index is 0.0832. The van der Waals surface area contributed by atoms with Gasteiger partial charge < -0.3 is 0 Å². The van der Waals surface area contributed by atoms with E-state index in [-0.39, 0.29) is 5.78 Å². The van der Waals surface area contributed by atoms with Gasteiger partial charge in [-0.3, -0.25) is 4.79 Å². The maximum Gasteiger partial charge on any atom is 0.173 e. The number of thioether (sulfide) groups is 1. The summed E-state index contributed by atoms with van der Waals surface area (Å²) >= 11 is 3.02. The van der Waals surface area contributed by atoms with E-state index in [1.54, 1.807) is 11.3 Å². The summed E-state index contributed by atoms with van der Waals surface area (Å²) in [4.78, 5) is 17.4. The first-order chi connectivity index (χ1) is 14.4. The number of hydrogen-bond donors (Lipinski definition) is 0. The number of nitrogens with zero attached hydrogens (tertiary/aromatic N) is 3. The summed E-state index contributed by atoms with van der Waals surface area (Å²) in [6, 6.07) is 16.1. The molecule has 0 aliphatic carbocycles. The van der Waals surface area contributed by atoms with Crippen molar-refractivity contribution in [2.24, 2.45) is 0 Å². The number of thiazole rings is 1. The Kier molecular flexibility index (Phi) is 5.97. The predicted molar refractivity (Wildman–Crippen MR) is 126 cm³/mol. The Balaban J connectivity index is 1.58. The fourth-order valence-corrected chi connectivity index (χ4v) is 5.00. The van der Waals surface area contributed by atoms with Crippen molar-refractivity contribution < 1.29 is 4.79 Å². The van der Waals surface area contributed by atoms with Gasteiger partial charge in [0.05, 0.1) is 15.5 Å². The molecule has 30 heavy (non-hydrogen) atoms. The van der Waals surface area contributed by atoms with E-state index in [9.17, 15) is 4.79 Å². The number of carbonyl (C=O) groups excluding carboxylic acids is 1. The third kappa shape index (κ3) is 4.30. The zero-order chi connectivity index (χ0) is 21.3. The lowest BCUT2D eigenvalue weighted by atomic mass is 10.0. The maximum atomic E-state index is 12.7. The fourth-order valence-electron chi connectivity index (χ4n) is 3.19. The van der Waals surface area contributed by atoms with E-state index in [1.807, 2.05) is 31.2 Å². The normalized spacial score (nSPS) is 11.4. The minimum absolute atomic E-state index is 0.0832. The number of carbonyl (C=O) groups is 1. The second-order valence-corrected chi connectivity index (χ2v) is 9.79. The van der Waals surface area contributed by atoms with Gasteiger partial charge in [-0.25, -0.2) is 4.98 Å². The Labute approximate surface area is 184 Å². The molecule has 2 aromatic carbocycles. The smallest absolute Gasteiger partial charge is 0.173 e. The van der Waals surface area contributed by atoms with Crippen molar-refractivity contribution in [1.29, 1.82) is 0 Å². The summed E-state index contributed by atoms with van der Waals surface area (Å²) in [6.45, 7) is 8.34. The Bertz CT molecular complexity index is 1200. The zero-order valence-electron chi connectivity index (χ0n) is 17.5. The van der Waals surface area contributed by atoms with Crippen LogP contribution in [0.15, 0.2) is 53.6 Å². The fraction of sp³-hybridized carbons (Fsp3) is 0.250. The molecule has 0 atom stereocenters. The highest BCUT2D eigenvalue weighted by atomic mass is 32.2. The van der Waals surface area contributed by atoms with Crippen LogP contribution < -0.4 is 0 Å². The van der Waals surface area contributed by atoms with E-state index >= 15 is 0 Å². The maximum absolute atomic E-state index is 12.7. The van der Waals surface area contributed by atoms with Gasteiger partial charge in [-0.2, -0.15) is 0 Å². The number of rotatable bonds is 6. The summed E-state index contributed by atoms with van der Waals surface area (Å²) in [5.41, 5.74) is 5.86. The molecule has 0 aliphatic heterocycles. The van der Waals surface area contributed by atoms with E-state index in [2.05, 4.69) is 60.2 Å². The van der Waals surface area contributed by atoms with Crippen molar-refractivity contribution in [3.05, 3.63) is 70.2 Å².